The van der Waals surface area contributed by atoms with Gasteiger partial charge in [-0.2, -0.15) is 5.10 Å². The summed E-state index contributed by atoms with van der Waals surface area (Å²) in [5.41, 5.74) is 0.354. The Labute approximate surface area is 126 Å². The third kappa shape index (κ3) is 2.51. The molecule has 0 spiro atoms. The molecule has 1 fully saturated rings. The first kappa shape index (κ1) is 15.5. The van der Waals surface area contributed by atoms with Gasteiger partial charge in [0.1, 0.15) is 5.02 Å². The molecular formula is C13H20ClN3O2S. The Morgan fingerprint density at radius 1 is 1.45 bits per heavy atom. The smallest absolute Gasteiger partial charge is 0.287 e. The first-order valence-electron chi connectivity index (χ1n) is 6.80. The van der Waals surface area contributed by atoms with Gasteiger partial charge < -0.3 is 4.90 Å². The lowest BCUT2D eigenvalue weighted by atomic mass is 10.0. The minimum Gasteiger partial charge on any atom is -0.366 e. The van der Waals surface area contributed by atoms with Crippen molar-refractivity contribution in [2.75, 3.05) is 23.7 Å². The van der Waals surface area contributed by atoms with Gasteiger partial charge in [-0.15, -0.1) is 0 Å². The zero-order valence-electron chi connectivity index (χ0n) is 12.1. The summed E-state index contributed by atoms with van der Waals surface area (Å²) in [7, 11) is 0.739. The lowest BCUT2D eigenvalue weighted by Crippen LogP contribution is -2.53. The van der Waals surface area contributed by atoms with E-state index >= 15 is 0 Å². The van der Waals surface area contributed by atoms with Gasteiger partial charge in [-0.3, -0.25) is 9.00 Å². The number of rotatable bonds is 3. The van der Waals surface area contributed by atoms with Crippen LogP contribution in [0.15, 0.2) is 11.0 Å². The van der Waals surface area contributed by atoms with E-state index in [-0.39, 0.29) is 15.3 Å². The van der Waals surface area contributed by atoms with E-state index < -0.39 is 10.8 Å². The Morgan fingerprint density at radius 2 is 2.10 bits per heavy atom. The summed E-state index contributed by atoms with van der Waals surface area (Å²) >= 11 is 6.16. The first-order valence-corrected chi connectivity index (χ1v) is 8.50. The molecule has 1 aromatic rings. The molecule has 20 heavy (non-hydrogen) atoms. The predicted molar refractivity (Wildman–Crippen MR) is 83.0 cm³/mol. The number of hydrogen-bond acceptors (Lipinski definition) is 4. The van der Waals surface area contributed by atoms with Crippen molar-refractivity contribution in [3.63, 3.8) is 0 Å². The van der Waals surface area contributed by atoms with Gasteiger partial charge in [0.2, 0.25) is 0 Å². The van der Waals surface area contributed by atoms with Crippen LogP contribution in [0.3, 0.4) is 0 Å². The summed E-state index contributed by atoms with van der Waals surface area (Å²) in [4.78, 5) is 13.9. The average Bonchev–Trinajstić information content (AvgIpc) is 2.46. The highest BCUT2D eigenvalue weighted by Crippen LogP contribution is 2.32. The van der Waals surface area contributed by atoms with E-state index in [9.17, 15) is 9.00 Å². The van der Waals surface area contributed by atoms with Crippen LogP contribution in [0.2, 0.25) is 5.02 Å². The molecule has 0 radical (unpaired) electrons. The van der Waals surface area contributed by atoms with E-state index in [0.29, 0.717) is 24.5 Å². The van der Waals surface area contributed by atoms with E-state index in [1.807, 2.05) is 4.90 Å². The highest BCUT2D eigenvalue weighted by Gasteiger charge is 2.39. The van der Waals surface area contributed by atoms with Crippen molar-refractivity contribution in [2.24, 2.45) is 7.05 Å². The summed E-state index contributed by atoms with van der Waals surface area (Å²) in [6.45, 7) is 5.42. The van der Waals surface area contributed by atoms with Crippen LogP contribution in [0, 0.1) is 0 Å². The normalized spacial score (nSPS) is 22.0. The first-order chi connectivity index (χ1) is 9.45. The highest BCUT2D eigenvalue weighted by molar-refractivity contribution is 7.86. The quantitative estimate of drug-likeness (QED) is 0.849. The molecule has 0 bridgehead atoms. The van der Waals surface area contributed by atoms with Gasteiger partial charge in [-0.25, -0.2) is 4.68 Å². The molecule has 0 amide bonds. The minimum absolute atomic E-state index is 0.191. The minimum atomic E-state index is -0.836. The lowest BCUT2D eigenvalue weighted by molar-refractivity contribution is 0.495. The Kier molecular flexibility index (Phi) is 4.54. The molecule has 0 N–H and O–H groups in total. The molecule has 2 rings (SSSR count). The fourth-order valence-corrected chi connectivity index (χ4v) is 4.69. The molecule has 0 aromatic carbocycles. The molecule has 1 saturated heterocycles. The summed E-state index contributed by atoms with van der Waals surface area (Å²) in [6, 6.07) is 0. The van der Waals surface area contributed by atoms with Crippen LogP contribution >= 0.6 is 11.6 Å². The summed E-state index contributed by atoms with van der Waals surface area (Å²) in [5, 5.41) is 4.23. The Hall–Kier alpha value is -0.880. The van der Waals surface area contributed by atoms with E-state index in [1.54, 1.807) is 13.2 Å². The third-order valence-electron chi connectivity index (χ3n) is 4.20. The molecule has 112 valence electrons. The van der Waals surface area contributed by atoms with Crippen LogP contribution in [0.1, 0.15) is 26.7 Å². The number of aromatic nitrogens is 2. The van der Waals surface area contributed by atoms with E-state index in [0.717, 1.165) is 12.8 Å². The van der Waals surface area contributed by atoms with Gasteiger partial charge in [0, 0.05) is 36.7 Å². The fourth-order valence-electron chi connectivity index (χ4n) is 2.63. The van der Waals surface area contributed by atoms with Crippen LogP contribution in [-0.2, 0) is 17.8 Å². The maximum atomic E-state index is 12.3. The molecule has 7 heteroatoms. The molecule has 5 nitrogen and oxygen atoms in total. The van der Waals surface area contributed by atoms with E-state index in [2.05, 4.69) is 18.9 Å². The van der Waals surface area contributed by atoms with Crippen molar-refractivity contribution in [3.8, 4) is 0 Å². The van der Waals surface area contributed by atoms with Crippen LogP contribution in [0.25, 0.3) is 0 Å². The van der Waals surface area contributed by atoms with Crippen molar-refractivity contribution in [1.82, 2.24) is 9.78 Å². The predicted octanol–water partition coefficient (Wildman–Crippen LogP) is 1.56. The topological polar surface area (TPSA) is 55.2 Å². The highest BCUT2D eigenvalue weighted by atomic mass is 35.5. The number of nitrogens with zero attached hydrogens (tertiary/aromatic N) is 3. The van der Waals surface area contributed by atoms with Crippen molar-refractivity contribution in [1.29, 1.82) is 0 Å². The fraction of sp³-hybridized carbons (Fsp3) is 0.692. The van der Waals surface area contributed by atoms with Gasteiger partial charge in [0.05, 0.1) is 16.6 Å². The molecular weight excluding hydrogens is 298 g/mol. The van der Waals surface area contributed by atoms with E-state index in [4.69, 9.17) is 11.6 Å². The molecule has 1 atom stereocenters. The van der Waals surface area contributed by atoms with Crippen LogP contribution < -0.4 is 10.5 Å². The Balaban J connectivity index is 2.38. The molecule has 0 saturated carbocycles. The molecule has 1 aliphatic rings. The average molecular weight is 318 g/mol. The van der Waals surface area contributed by atoms with Gasteiger partial charge in [-0.1, -0.05) is 25.4 Å². The third-order valence-corrected chi connectivity index (χ3v) is 6.78. The summed E-state index contributed by atoms with van der Waals surface area (Å²) in [6.07, 6.45) is 3.32. The number of anilines is 1. The second-order valence-electron chi connectivity index (χ2n) is 5.13. The zero-order chi connectivity index (χ0) is 14.9. The molecule has 1 unspecified atom stereocenters. The molecule has 2 heterocycles. The van der Waals surface area contributed by atoms with Crippen LogP contribution in [-0.4, -0.2) is 37.6 Å². The van der Waals surface area contributed by atoms with Crippen molar-refractivity contribution < 1.29 is 4.21 Å². The van der Waals surface area contributed by atoms with Crippen molar-refractivity contribution in [3.05, 3.63) is 21.6 Å². The van der Waals surface area contributed by atoms with Gasteiger partial charge in [0.25, 0.3) is 5.56 Å². The summed E-state index contributed by atoms with van der Waals surface area (Å²) < 4.78 is 13.3. The standard InChI is InChI=1S/C13H20ClN3O2S/c1-4-13(5-2)9-17(6-7-20(13)19)10-8-15-16(3)12(18)11(10)14/h8H,4-7,9H2,1-3H3. The second kappa shape index (κ2) is 5.85. The van der Waals surface area contributed by atoms with Crippen molar-refractivity contribution >= 4 is 28.1 Å². The van der Waals surface area contributed by atoms with Gasteiger partial charge in [0.15, 0.2) is 0 Å². The molecule has 0 aliphatic carbocycles. The maximum Gasteiger partial charge on any atom is 0.287 e. The molecule has 1 aromatic heterocycles. The number of aryl methyl sites for hydroxylation is 1. The number of halogens is 1. The monoisotopic (exact) mass is 317 g/mol. The van der Waals surface area contributed by atoms with Crippen molar-refractivity contribution in [2.45, 2.75) is 31.4 Å². The van der Waals surface area contributed by atoms with Gasteiger partial charge in [-0.05, 0) is 12.8 Å². The Morgan fingerprint density at radius 3 is 2.70 bits per heavy atom. The van der Waals surface area contributed by atoms with Crippen LogP contribution in [0.4, 0.5) is 5.69 Å². The number of hydrogen-bond donors (Lipinski definition) is 0. The summed E-state index contributed by atoms with van der Waals surface area (Å²) in [5.74, 6) is 0.604. The van der Waals surface area contributed by atoms with Gasteiger partial charge >= 0.3 is 0 Å². The van der Waals surface area contributed by atoms with Crippen LogP contribution in [0.5, 0.6) is 0 Å². The SMILES string of the molecule is CCC1(CC)CN(c2cnn(C)c(=O)c2Cl)CCS1=O. The maximum absolute atomic E-state index is 12.3. The largest absolute Gasteiger partial charge is 0.366 e. The van der Waals surface area contributed by atoms with E-state index in [1.165, 1.54) is 4.68 Å². The zero-order valence-corrected chi connectivity index (χ0v) is 13.6. The molecule has 1 aliphatic heterocycles. The second-order valence-corrected chi connectivity index (χ2v) is 7.48. The lowest BCUT2D eigenvalue weighted by Gasteiger charge is -2.42. The Bertz CT molecular complexity index is 583.